The predicted octanol–water partition coefficient (Wildman–Crippen LogP) is 2.34. The molecular formula is C36H52N4O11. The van der Waals surface area contributed by atoms with E-state index in [0.29, 0.717) is 12.8 Å². The van der Waals surface area contributed by atoms with Gasteiger partial charge in [-0.05, 0) is 72.8 Å². The van der Waals surface area contributed by atoms with Gasteiger partial charge in [-0.3, -0.25) is 24.0 Å². The number of methoxy groups -OCH3 is 1. The van der Waals surface area contributed by atoms with Gasteiger partial charge in [-0.25, -0.2) is 9.59 Å². The summed E-state index contributed by atoms with van der Waals surface area (Å²) >= 11 is 0. The largest absolute Gasteiger partial charge is 0.467 e. The van der Waals surface area contributed by atoms with Crippen LogP contribution in [0.4, 0.5) is 4.79 Å². The number of hydrogen-bond donors (Lipinski definition) is 2. The highest BCUT2D eigenvalue weighted by Gasteiger charge is 2.54. The van der Waals surface area contributed by atoms with Gasteiger partial charge in [0, 0.05) is 33.4 Å². The highest BCUT2D eigenvalue weighted by Crippen LogP contribution is 2.36. The van der Waals surface area contributed by atoms with Gasteiger partial charge < -0.3 is 39.4 Å². The Hall–Kier alpha value is -4.69. The number of amides is 4. The van der Waals surface area contributed by atoms with E-state index in [4.69, 9.17) is 18.9 Å². The molecule has 0 radical (unpaired) electrons. The highest BCUT2D eigenvalue weighted by molar-refractivity contribution is 5.98. The highest BCUT2D eigenvalue weighted by atomic mass is 16.6. The smallest absolute Gasteiger partial charge is 0.408 e. The van der Waals surface area contributed by atoms with E-state index in [-0.39, 0.29) is 32.4 Å². The Morgan fingerprint density at radius 3 is 2.02 bits per heavy atom. The number of esters is 3. The minimum absolute atomic E-state index is 0.0909. The summed E-state index contributed by atoms with van der Waals surface area (Å²) in [7, 11) is 1.15. The molecule has 1 aromatic rings. The molecular weight excluding hydrogens is 664 g/mol. The Balaban J connectivity index is 2.01. The number of nitrogens with one attached hydrogen (secondary N) is 2. The van der Waals surface area contributed by atoms with Gasteiger partial charge in [0.25, 0.3) is 0 Å². The molecule has 6 atom stereocenters. The zero-order chi connectivity index (χ0) is 38.3. The van der Waals surface area contributed by atoms with Crippen LogP contribution >= 0.6 is 0 Å². The van der Waals surface area contributed by atoms with Crippen LogP contribution in [0.2, 0.25) is 0 Å². The maximum atomic E-state index is 14.7. The minimum atomic E-state index is -1.49. The topological polar surface area (TPSA) is 187 Å². The lowest BCUT2D eigenvalue weighted by Crippen LogP contribution is -2.65. The number of hydrogen-bond acceptors (Lipinski definition) is 11. The third kappa shape index (κ3) is 10.4. The van der Waals surface area contributed by atoms with Crippen molar-refractivity contribution in [3.8, 4) is 0 Å². The van der Waals surface area contributed by atoms with Crippen molar-refractivity contribution in [3.63, 3.8) is 0 Å². The average Bonchev–Trinajstić information content (AvgIpc) is 3.69. The van der Waals surface area contributed by atoms with Crippen molar-refractivity contribution >= 4 is 41.7 Å². The molecule has 51 heavy (non-hydrogen) atoms. The summed E-state index contributed by atoms with van der Waals surface area (Å²) in [6.07, 6.45) is -1.59. The first-order valence-electron chi connectivity index (χ1n) is 17.2. The molecule has 15 heteroatoms. The Morgan fingerprint density at radius 1 is 0.882 bits per heavy atom. The van der Waals surface area contributed by atoms with E-state index in [9.17, 15) is 33.6 Å². The molecule has 0 aromatic heterocycles. The van der Waals surface area contributed by atoms with Crippen LogP contribution in [0.5, 0.6) is 0 Å². The molecule has 282 valence electrons. The number of alkyl carbamates (subject to hydrolysis) is 1. The van der Waals surface area contributed by atoms with Crippen LogP contribution < -0.4 is 10.6 Å². The van der Waals surface area contributed by atoms with Gasteiger partial charge in [0.15, 0.2) is 6.04 Å². The lowest BCUT2D eigenvalue weighted by atomic mass is 9.85. The third-order valence-electron chi connectivity index (χ3n) is 8.94. The van der Waals surface area contributed by atoms with Crippen molar-refractivity contribution in [2.75, 3.05) is 20.2 Å². The number of nitrogens with zero attached hydrogens (tertiary/aromatic N) is 2. The summed E-state index contributed by atoms with van der Waals surface area (Å²) < 4.78 is 20.8. The van der Waals surface area contributed by atoms with Gasteiger partial charge in [0.2, 0.25) is 17.7 Å². The molecule has 1 aromatic carbocycles. The van der Waals surface area contributed by atoms with Crippen LogP contribution in [0.15, 0.2) is 24.3 Å². The van der Waals surface area contributed by atoms with Crippen molar-refractivity contribution < 1.29 is 52.5 Å². The van der Waals surface area contributed by atoms with Crippen LogP contribution in [-0.4, -0.2) is 113 Å². The molecule has 2 N–H and O–H groups in total. The van der Waals surface area contributed by atoms with E-state index in [1.54, 1.807) is 20.8 Å². The summed E-state index contributed by atoms with van der Waals surface area (Å²) in [4.78, 5) is 95.4. The molecule has 0 unspecified atom stereocenters. The van der Waals surface area contributed by atoms with Crippen LogP contribution in [0.25, 0.3) is 0 Å². The van der Waals surface area contributed by atoms with Crippen molar-refractivity contribution in [2.24, 2.45) is 0 Å². The lowest BCUT2D eigenvalue weighted by Gasteiger charge is -2.41. The Bertz CT molecular complexity index is 1470. The molecule has 0 aliphatic carbocycles. The van der Waals surface area contributed by atoms with Gasteiger partial charge in [0.05, 0.1) is 7.11 Å². The van der Waals surface area contributed by atoms with Gasteiger partial charge in [-0.15, -0.1) is 0 Å². The van der Waals surface area contributed by atoms with E-state index in [1.807, 2.05) is 31.2 Å². The summed E-state index contributed by atoms with van der Waals surface area (Å²) in [5.41, 5.74) is -0.621. The number of aryl methyl sites for hydroxylation is 1. The predicted molar refractivity (Wildman–Crippen MR) is 183 cm³/mol. The van der Waals surface area contributed by atoms with E-state index < -0.39 is 83.2 Å². The monoisotopic (exact) mass is 716 g/mol. The second-order valence-electron chi connectivity index (χ2n) is 14.2. The van der Waals surface area contributed by atoms with Crippen LogP contribution in [0.3, 0.4) is 0 Å². The first-order valence-corrected chi connectivity index (χ1v) is 17.2. The van der Waals surface area contributed by atoms with Gasteiger partial charge in [-0.2, -0.15) is 0 Å². The van der Waals surface area contributed by atoms with Gasteiger partial charge >= 0.3 is 24.0 Å². The van der Waals surface area contributed by atoms with E-state index in [1.165, 1.54) is 37.5 Å². The Morgan fingerprint density at radius 2 is 1.47 bits per heavy atom. The molecule has 2 fully saturated rings. The average molecular weight is 717 g/mol. The summed E-state index contributed by atoms with van der Waals surface area (Å²) in [6.45, 7) is 12.5. The number of carbonyl (C=O) groups excluding carboxylic acids is 7. The SMILES string of the molecule is COC(=O)[C@H](NC(=O)[C@@]1(Cc2ccc(C)cc2)CCCN1C(=O)[C@@H]1CCCN1C(=O)[C@@H](NC(=O)OC(C)(C)C)[C@@H](C)OC(C)=O)[C@@H](C)OC(C)=O. The Labute approximate surface area is 299 Å². The molecule has 2 aliphatic heterocycles. The number of likely N-dealkylation sites (tertiary alicyclic amines) is 2. The fourth-order valence-corrected chi connectivity index (χ4v) is 6.63. The van der Waals surface area contributed by atoms with Crippen LogP contribution in [0, 0.1) is 6.92 Å². The van der Waals surface area contributed by atoms with Crippen molar-refractivity contribution in [1.29, 1.82) is 0 Å². The maximum Gasteiger partial charge on any atom is 0.408 e. The first-order chi connectivity index (χ1) is 23.8. The van der Waals surface area contributed by atoms with E-state index >= 15 is 0 Å². The minimum Gasteiger partial charge on any atom is -0.467 e. The van der Waals surface area contributed by atoms with Crippen LogP contribution in [0.1, 0.15) is 85.3 Å². The molecule has 0 spiro atoms. The zero-order valence-electron chi connectivity index (χ0n) is 31.0. The van der Waals surface area contributed by atoms with E-state index in [0.717, 1.165) is 18.2 Å². The molecule has 4 amide bonds. The number of benzene rings is 1. The molecule has 15 nitrogen and oxygen atoms in total. The first kappa shape index (κ1) is 40.7. The summed E-state index contributed by atoms with van der Waals surface area (Å²) in [5.74, 6) is -3.95. The quantitative estimate of drug-likeness (QED) is 0.239. The molecule has 0 bridgehead atoms. The number of rotatable bonds is 12. The van der Waals surface area contributed by atoms with Crippen molar-refractivity contribution in [3.05, 3.63) is 35.4 Å². The normalized spacial score (nSPS) is 21.1. The lowest BCUT2D eigenvalue weighted by molar-refractivity contribution is -0.159. The standard InChI is InChI=1S/C36H52N4O11/c1-21-13-15-26(16-14-21)20-36(33(46)37-29(32(45)48-9)23(3)50-25(5)42)17-11-19-40(36)30(43)27-12-10-18-39(27)31(44)28(22(2)49-24(4)41)38-34(47)51-35(6,7)8/h13-16,22-23,27-29H,10-12,17-20H2,1-9H3,(H,37,46)(H,38,47)/t22-,23-,27+,28+,29-,36+/m1/s1. The van der Waals surface area contributed by atoms with E-state index in [2.05, 4.69) is 10.6 Å². The van der Waals surface area contributed by atoms with Gasteiger partial charge in [-0.1, -0.05) is 29.8 Å². The van der Waals surface area contributed by atoms with Crippen molar-refractivity contribution in [1.82, 2.24) is 20.4 Å². The summed E-state index contributed by atoms with van der Waals surface area (Å²) in [5, 5.41) is 5.23. The second-order valence-corrected chi connectivity index (χ2v) is 14.2. The third-order valence-corrected chi connectivity index (χ3v) is 8.94. The molecule has 0 saturated carbocycles. The summed E-state index contributed by atoms with van der Waals surface area (Å²) in [6, 6.07) is 3.75. The fraction of sp³-hybridized carbons (Fsp3) is 0.639. The van der Waals surface area contributed by atoms with Crippen LogP contribution in [-0.2, 0) is 54.1 Å². The maximum absolute atomic E-state index is 14.7. The molecule has 2 saturated heterocycles. The zero-order valence-corrected chi connectivity index (χ0v) is 31.0. The fourth-order valence-electron chi connectivity index (χ4n) is 6.63. The molecule has 2 heterocycles. The number of ether oxygens (including phenoxy) is 4. The van der Waals surface area contributed by atoms with Gasteiger partial charge in [0.1, 0.15) is 35.4 Å². The Kier molecular flexibility index (Phi) is 13.6. The molecule has 2 aliphatic rings. The van der Waals surface area contributed by atoms with Crippen molar-refractivity contribution in [2.45, 2.75) is 129 Å². The number of carbonyl (C=O) groups is 7. The second kappa shape index (κ2) is 17.0. The molecule has 3 rings (SSSR count).